The molecule has 1 aliphatic heterocycles. The molecule has 1 aromatic carbocycles. The molecule has 0 spiro atoms. The van der Waals surface area contributed by atoms with E-state index in [1.807, 2.05) is 30.3 Å². The van der Waals surface area contributed by atoms with E-state index in [1.54, 1.807) is 20.8 Å². The number of hydrogen-bond donors (Lipinski definition) is 1. The lowest BCUT2D eigenvalue weighted by Gasteiger charge is -2.28. The number of amides is 2. The van der Waals surface area contributed by atoms with E-state index < -0.39 is 41.8 Å². The van der Waals surface area contributed by atoms with Crippen LogP contribution in [-0.2, 0) is 25.5 Å². The number of nitrogens with one attached hydrogen (secondary N) is 1. The molecule has 0 radical (unpaired) electrons. The molecule has 2 rings (SSSR count). The summed E-state index contributed by atoms with van der Waals surface area (Å²) >= 11 is 0. The zero-order chi connectivity index (χ0) is 20.9. The number of nitrogens with zero attached hydrogens (tertiary/aromatic N) is 1. The molecule has 154 valence electrons. The number of methoxy groups -OCH3 is 1. The van der Waals surface area contributed by atoms with Crippen molar-refractivity contribution in [2.45, 2.75) is 57.5 Å². The van der Waals surface area contributed by atoms with E-state index >= 15 is 0 Å². The minimum atomic E-state index is -1.33. The normalized spacial score (nSPS) is 20.4. The molecule has 0 aromatic heterocycles. The summed E-state index contributed by atoms with van der Waals surface area (Å²) in [5.74, 6) is -1.23. The second-order valence-electron chi connectivity index (χ2n) is 7.75. The van der Waals surface area contributed by atoms with Crippen LogP contribution in [0, 0.1) is 0 Å². The van der Waals surface area contributed by atoms with Crippen LogP contribution in [0.25, 0.3) is 0 Å². The Morgan fingerprint density at radius 3 is 2.46 bits per heavy atom. The molecule has 2 amide bonds. The van der Waals surface area contributed by atoms with Crippen LogP contribution in [0.5, 0.6) is 0 Å². The van der Waals surface area contributed by atoms with Crippen molar-refractivity contribution in [3.05, 3.63) is 35.9 Å². The van der Waals surface area contributed by atoms with Crippen LogP contribution in [0.1, 0.15) is 32.8 Å². The summed E-state index contributed by atoms with van der Waals surface area (Å²) in [7, 11) is 1.19. The molecule has 1 saturated heterocycles. The Balaban J connectivity index is 2.22. The van der Waals surface area contributed by atoms with E-state index in [0.29, 0.717) is 0 Å². The minimum absolute atomic E-state index is 0.122. The molecule has 0 saturated carbocycles. The first-order valence-electron chi connectivity index (χ1n) is 9.16. The van der Waals surface area contributed by atoms with Crippen molar-refractivity contribution in [1.29, 1.82) is 0 Å². The predicted molar refractivity (Wildman–Crippen MR) is 100 cm³/mol. The Hall–Kier alpha value is -2.64. The number of carbonyl (C=O) groups is 3. The number of esters is 1. The van der Waals surface area contributed by atoms with Crippen molar-refractivity contribution >= 4 is 18.0 Å². The number of halogens is 1. The van der Waals surface area contributed by atoms with Crippen molar-refractivity contribution in [2.24, 2.45) is 0 Å². The summed E-state index contributed by atoms with van der Waals surface area (Å²) in [6.45, 7) is 4.91. The average Bonchev–Trinajstić information content (AvgIpc) is 3.01. The van der Waals surface area contributed by atoms with Gasteiger partial charge in [-0.15, -0.1) is 0 Å². The zero-order valence-corrected chi connectivity index (χ0v) is 16.6. The summed E-state index contributed by atoms with van der Waals surface area (Å²) < 4.78 is 23.9. The van der Waals surface area contributed by atoms with Gasteiger partial charge in [0.25, 0.3) is 0 Å². The molecule has 1 heterocycles. The number of ether oxygens (including phenoxy) is 2. The number of benzene rings is 1. The number of hydrogen-bond acceptors (Lipinski definition) is 5. The van der Waals surface area contributed by atoms with Crippen molar-refractivity contribution in [2.75, 3.05) is 13.7 Å². The molecule has 8 heteroatoms. The maximum Gasteiger partial charge on any atom is 0.408 e. The molecule has 3 atom stereocenters. The third-order valence-corrected chi connectivity index (χ3v) is 4.28. The lowest BCUT2D eigenvalue weighted by molar-refractivity contribution is -0.151. The van der Waals surface area contributed by atoms with E-state index in [0.717, 1.165) is 10.5 Å². The second-order valence-corrected chi connectivity index (χ2v) is 7.75. The molecular formula is C20H27FN2O5. The number of likely N-dealkylation sites (tertiary alicyclic amines) is 1. The number of rotatable bonds is 5. The van der Waals surface area contributed by atoms with Gasteiger partial charge >= 0.3 is 12.1 Å². The highest BCUT2D eigenvalue weighted by Crippen LogP contribution is 2.23. The fourth-order valence-electron chi connectivity index (χ4n) is 3.09. The minimum Gasteiger partial charge on any atom is -0.467 e. The van der Waals surface area contributed by atoms with Gasteiger partial charge in [-0.2, -0.15) is 0 Å². The van der Waals surface area contributed by atoms with Gasteiger partial charge in [0, 0.05) is 12.8 Å². The van der Waals surface area contributed by atoms with Crippen LogP contribution >= 0.6 is 0 Å². The molecule has 0 aliphatic carbocycles. The highest BCUT2D eigenvalue weighted by molar-refractivity contribution is 5.90. The SMILES string of the molecule is COC(=O)[C@@H]1C[C@H](F)CN1C(=O)[C@H](Cc1ccccc1)NC(=O)OC(C)(C)C. The molecule has 1 aromatic rings. The number of alkyl carbamates (subject to hydrolysis) is 1. The molecule has 28 heavy (non-hydrogen) atoms. The van der Waals surface area contributed by atoms with E-state index in [9.17, 15) is 18.8 Å². The van der Waals surface area contributed by atoms with Gasteiger partial charge in [-0.3, -0.25) is 4.79 Å². The van der Waals surface area contributed by atoms with Crippen LogP contribution < -0.4 is 5.32 Å². The van der Waals surface area contributed by atoms with Crippen molar-refractivity contribution in [3.8, 4) is 0 Å². The van der Waals surface area contributed by atoms with Gasteiger partial charge in [0.15, 0.2) is 0 Å². The lowest BCUT2D eigenvalue weighted by Crippen LogP contribution is -2.53. The molecule has 7 nitrogen and oxygen atoms in total. The van der Waals surface area contributed by atoms with Gasteiger partial charge in [-0.05, 0) is 26.3 Å². The van der Waals surface area contributed by atoms with Gasteiger partial charge in [0.05, 0.1) is 13.7 Å². The van der Waals surface area contributed by atoms with Crippen LogP contribution in [-0.4, -0.2) is 60.4 Å². The average molecular weight is 394 g/mol. The fourth-order valence-corrected chi connectivity index (χ4v) is 3.09. The van der Waals surface area contributed by atoms with Crippen LogP contribution in [0.4, 0.5) is 9.18 Å². The first kappa shape index (κ1) is 21.7. The van der Waals surface area contributed by atoms with Crippen molar-refractivity contribution < 1.29 is 28.2 Å². The maximum atomic E-state index is 13.9. The maximum absolute atomic E-state index is 13.9. The van der Waals surface area contributed by atoms with E-state index in [2.05, 4.69) is 5.32 Å². The Kier molecular flexibility index (Phi) is 6.99. The Morgan fingerprint density at radius 1 is 1.25 bits per heavy atom. The van der Waals surface area contributed by atoms with E-state index in [1.165, 1.54) is 7.11 Å². The smallest absolute Gasteiger partial charge is 0.408 e. The first-order valence-corrected chi connectivity index (χ1v) is 9.16. The van der Waals surface area contributed by atoms with Crippen LogP contribution in [0.3, 0.4) is 0 Å². The molecule has 0 unspecified atom stereocenters. The molecule has 1 aliphatic rings. The van der Waals surface area contributed by atoms with E-state index in [4.69, 9.17) is 9.47 Å². The second kappa shape index (κ2) is 9.03. The number of alkyl halides is 1. The molecule has 1 fully saturated rings. The van der Waals surface area contributed by atoms with Gasteiger partial charge in [-0.1, -0.05) is 30.3 Å². The zero-order valence-electron chi connectivity index (χ0n) is 16.6. The summed E-state index contributed by atoms with van der Waals surface area (Å²) in [4.78, 5) is 38.5. The lowest BCUT2D eigenvalue weighted by atomic mass is 10.0. The molecule has 1 N–H and O–H groups in total. The van der Waals surface area contributed by atoms with Gasteiger partial charge in [0.1, 0.15) is 23.9 Å². The van der Waals surface area contributed by atoms with Crippen LogP contribution in [0.15, 0.2) is 30.3 Å². The Labute approximate surface area is 164 Å². The summed E-state index contributed by atoms with van der Waals surface area (Å²) in [5, 5.41) is 2.56. The predicted octanol–water partition coefficient (Wildman–Crippen LogP) is 2.23. The third kappa shape index (κ3) is 5.94. The summed E-state index contributed by atoms with van der Waals surface area (Å²) in [6.07, 6.45) is -2.03. The topological polar surface area (TPSA) is 84.9 Å². The number of carbonyl (C=O) groups excluding carboxylic acids is 3. The van der Waals surface area contributed by atoms with Gasteiger partial charge in [0.2, 0.25) is 5.91 Å². The highest BCUT2D eigenvalue weighted by atomic mass is 19.1. The third-order valence-electron chi connectivity index (χ3n) is 4.28. The van der Waals surface area contributed by atoms with Crippen LogP contribution in [0.2, 0.25) is 0 Å². The molecule has 0 bridgehead atoms. The van der Waals surface area contributed by atoms with Gasteiger partial charge in [-0.25, -0.2) is 14.0 Å². The fraction of sp³-hybridized carbons (Fsp3) is 0.550. The molecular weight excluding hydrogens is 367 g/mol. The highest BCUT2D eigenvalue weighted by Gasteiger charge is 2.43. The van der Waals surface area contributed by atoms with Crippen molar-refractivity contribution in [1.82, 2.24) is 10.2 Å². The quantitative estimate of drug-likeness (QED) is 0.774. The monoisotopic (exact) mass is 394 g/mol. The summed E-state index contributed by atoms with van der Waals surface area (Å²) in [5.41, 5.74) is 0.0685. The standard InChI is InChI=1S/C20H27FN2O5/c1-20(2,3)28-19(26)22-15(10-13-8-6-5-7-9-13)17(24)23-12-14(21)11-16(23)18(25)27-4/h5-9,14-16H,10-12H2,1-4H3,(H,22,26)/t14-,15-,16-/m0/s1. The van der Waals surface area contributed by atoms with E-state index in [-0.39, 0.29) is 19.4 Å². The first-order chi connectivity index (χ1) is 13.1. The Bertz CT molecular complexity index is 704. The Morgan fingerprint density at radius 2 is 1.89 bits per heavy atom. The van der Waals surface area contributed by atoms with Gasteiger partial charge < -0.3 is 19.7 Å². The largest absolute Gasteiger partial charge is 0.467 e. The van der Waals surface area contributed by atoms with Crippen molar-refractivity contribution in [3.63, 3.8) is 0 Å². The summed E-state index contributed by atoms with van der Waals surface area (Å²) in [6, 6.07) is 7.08.